The standard InChI is InChI=1S/C25H21NO3/c1-28-24-13-6-5-12-23(24)21(18-26)16-20-10-7-11-22(17-20)29-25(27)15-14-19-8-3-2-4-9-19/h2-13,16-17H,14-15H2,1H3/b21-16-. The molecule has 0 fully saturated rings. The van der Waals surface area contributed by atoms with Gasteiger partial charge in [0.25, 0.3) is 0 Å². The Labute approximate surface area is 170 Å². The zero-order valence-corrected chi connectivity index (χ0v) is 16.2. The van der Waals surface area contributed by atoms with Crippen LogP contribution in [0.15, 0.2) is 78.9 Å². The van der Waals surface area contributed by atoms with Gasteiger partial charge in [0.1, 0.15) is 11.5 Å². The molecule has 0 radical (unpaired) electrons. The zero-order valence-electron chi connectivity index (χ0n) is 16.2. The van der Waals surface area contributed by atoms with E-state index in [0.717, 1.165) is 11.1 Å². The predicted octanol–water partition coefficient (Wildman–Crippen LogP) is 5.30. The first-order chi connectivity index (χ1) is 14.2. The van der Waals surface area contributed by atoms with Crippen molar-refractivity contribution in [3.8, 4) is 17.6 Å². The van der Waals surface area contributed by atoms with Gasteiger partial charge in [0, 0.05) is 12.0 Å². The van der Waals surface area contributed by atoms with Gasteiger partial charge in [-0.3, -0.25) is 4.79 Å². The Morgan fingerprint density at radius 2 is 1.76 bits per heavy atom. The molecule has 0 atom stereocenters. The summed E-state index contributed by atoms with van der Waals surface area (Å²) < 4.78 is 10.8. The number of hydrogen-bond acceptors (Lipinski definition) is 4. The molecular weight excluding hydrogens is 362 g/mol. The monoisotopic (exact) mass is 383 g/mol. The van der Waals surface area contributed by atoms with E-state index in [1.807, 2.05) is 60.7 Å². The fraction of sp³-hybridized carbons (Fsp3) is 0.120. The van der Waals surface area contributed by atoms with Crippen LogP contribution < -0.4 is 9.47 Å². The fourth-order valence-electron chi connectivity index (χ4n) is 2.95. The first-order valence-electron chi connectivity index (χ1n) is 9.29. The Kier molecular flexibility index (Phi) is 6.80. The SMILES string of the molecule is COc1ccccc1/C(C#N)=C\c1cccc(OC(=O)CCc2ccccc2)c1. The van der Waals surface area contributed by atoms with Gasteiger partial charge in [-0.2, -0.15) is 5.26 Å². The first kappa shape index (κ1) is 19.9. The lowest BCUT2D eigenvalue weighted by Crippen LogP contribution is -2.09. The van der Waals surface area contributed by atoms with Crippen molar-refractivity contribution >= 4 is 17.6 Å². The molecule has 0 saturated carbocycles. The van der Waals surface area contributed by atoms with Gasteiger partial charge in [-0.05, 0) is 47.9 Å². The fourth-order valence-corrected chi connectivity index (χ4v) is 2.95. The van der Waals surface area contributed by atoms with Crippen LogP contribution in [0, 0.1) is 11.3 Å². The normalized spacial score (nSPS) is 10.8. The summed E-state index contributed by atoms with van der Waals surface area (Å²) in [6.07, 6.45) is 2.68. The van der Waals surface area contributed by atoms with Crippen molar-refractivity contribution in [2.45, 2.75) is 12.8 Å². The second-order valence-corrected chi connectivity index (χ2v) is 6.40. The quantitative estimate of drug-likeness (QED) is 0.240. The molecule has 0 aliphatic carbocycles. The van der Waals surface area contributed by atoms with Crippen LogP contribution in [-0.2, 0) is 11.2 Å². The van der Waals surface area contributed by atoms with E-state index in [2.05, 4.69) is 6.07 Å². The van der Waals surface area contributed by atoms with Crippen LogP contribution in [0.4, 0.5) is 0 Å². The maximum atomic E-state index is 12.2. The van der Waals surface area contributed by atoms with Crippen LogP contribution in [0.2, 0.25) is 0 Å². The van der Waals surface area contributed by atoms with Crippen molar-refractivity contribution in [2.24, 2.45) is 0 Å². The lowest BCUT2D eigenvalue weighted by molar-refractivity contribution is -0.134. The number of nitriles is 1. The second-order valence-electron chi connectivity index (χ2n) is 6.40. The van der Waals surface area contributed by atoms with Gasteiger partial charge in [-0.25, -0.2) is 0 Å². The minimum absolute atomic E-state index is 0.291. The first-order valence-corrected chi connectivity index (χ1v) is 9.29. The van der Waals surface area contributed by atoms with Crippen LogP contribution in [0.3, 0.4) is 0 Å². The third-order valence-corrected chi connectivity index (χ3v) is 4.38. The number of carbonyl (C=O) groups is 1. The van der Waals surface area contributed by atoms with Gasteiger partial charge in [-0.15, -0.1) is 0 Å². The summed E-state index contributed by atoms with van der Waals surface area (Å²) in [5.74, 6) is 0.790. The van der Waals surface area contributed by atoms with Gasteiger partial charge >= 0.3 is 5.97 Å². The maximum Gasteiger partial charge on any atom is 0.311 e. The molecule has 4 nitrogen and oxygen atoms in total. The van der Waals surface area contributed by atoms with Crippen LogP contribution in [0.25, 0.3) is 11.6 Å². The van der Waals surface area contributed by atoms with E-state index >= 15 is 0 Å². The predicted molar refractivity (Wildman–Crippen MR) is 113 cm³/mol. The third-order valence-electron chi connectivity index (χ3n) is 4.38. The van der Waals surface area contributed by atoms with E-state index in [9.17, 15) is 10.1 Å². The number of hydrogen-bond donors (Lipinski definition) is 0. The van der Waals surface area contributed by atoms with E-state index in [4.69, 9.17) is 9.47 Å². The highest BCUT2D eigenvalue weighted by molar-refractivity contribution is 5.91. The van der Waals surface area contributed by atoms with Crippen molar-refractivity contribution < 1.29 is 14.3 Å². The molecule has 0 N–H and O–H groups in total. The molecule has 0 unspecified atom stereocenters. The number of allylic oxidation sites excluding steroid dienone is 1. The molecule has 0 bridgehead atoms. The van der Waals surface area contributed by atoms with Gasteiger partial charge in [0.15, 0.2) is 0 Å². The van der Waals surface area contributed by atoms with E-state index in [0.29, 0.717) is 35.5 Å². The number of aryl methyl sites for hydroxylation is 1. The van der Waals surface area contributed by atoms with Crippen molar-refractivity contribution in [1.29, 1.82) is 5.26 Å². The molecule has 144 valence electrons. The second kappa shape index (κ2) is 9.91. The van der Waals surface area contributed by atoms with E-state index in [1.165, 1.54) is 0 Å². The Morgan fingerprint density at radius 3 is 2.52 bits per heavy atom. The van der Waals surface area contributed by atoms with Crippen LogP contribution in [-0.4, -0.2) is 13.1 Å². The van der Waals surface area contributed by atoms with Crippen molar-refractivity contribution in [2.75, 3.05) is 7.11 Å². The molecule has 0 heterocycles. The Balaban J connectivity index is 1.72. The highest BCUT2D eigenvalue weighted by Gasteiger charge is 2.09. The van der Waals surface area contributed by atoms with E-state index in [-0.39, 0.29) is 5.97 Å². The summed E-state index contributed by atoms with van der Waals surface area (Å²) >= 11 is 0. The highest BCUT2D eigenvalue weighted by Crippen LogP contribution is 2.27. The molecule has 3 rings (SSSR count). The van der Waals surface area contributed by atoms with Crippen molar-refractivity contribution in [3.05, 3.63) is 95.6 Å². The smallest absolute Gasteiger partial charge is 0.311 e. The number of para-hydroxylation sites is 1. The van der Waals surface area contributed by atoms with Crippen LogP contribution in [0.1, 0.15) is 23.1 Å². The third kappa shape index (κ3) is 5.57. The molecule has 3 aromatic rings. The topological polar surface area (TPSA) is 59.3 Å². The minimum Gasteiger partial charge on any atom is -0.496 e. The van der Waals surface area contributed by atoms with Crippen LogP contribution in [0.5, 0.6) is 11.5 Å². The maximum absolute atomic E-state index is 12.2. The van der Waals surface area contributed by atoms with Gasteiger partial charge in [0.05, 0.1) is 18.8 Å². The Morgan fingerprint density at radius 1 is 1.00 bits per heavy atom. The number of ether oxygens (including phenoxy) is 2. The molecule has 0 saturated heterocycles. The molecule has 3 aromatic carbocycles. The molecule has 0 aliphatic rings. The summed E-state index contributed by atoms with van der Waals surface area (Å²) in [6, 6.07) is 26.5. The molecule has 0 aliphatic heterocycles. The van der Waals surface area contributed by atoms with Crippen molar-refractivity contribution in [1.82, 2.24) is 0 Å². The van der Waals surface area contributed by atoms with E-state index in [1.54, 1.807) is 31.4 Å². The number of rotatable bonds is 7. The molecule has 0 aromatic heterocycles. The van der Waals surface area contributed by atoms with Gasteiger partial charge in [-0.1, -0.05) is 54.6 Å². The average molecular weight is 383 g/mol. The summed E-state index contributed by atoms with van der Waals surface area (Å²) in [5, 5.41) is 9.59. The molecular formula is C25H21NO3. The number of benzene rings is 3. The minimum atomic E-state index is -0.291. The molecule has 0 amide bonds. The number of nitrogens with zero attached hydrogens (tertiary/aromatic N) is 1. The summed E-state index contributed by atoms with van der Waals surface area (Å²) in [4.78, 5) is 12.2. The average Bonchev–Trinajstić information content (AvgIpc) is 2.77. The zero-order chi connectivity index (χ0) is 20.5. The Bertz CT molecular complexity index is 1050. The molecule has 4 heteroatoms. The highest BCUT2D eigenvalue weighted by atomic mass is 16.5. The largest absolute Gasteiger partial charge is 0.496 e. The van der Waals surface area contributed by atoms with E-state index < -0.39 is 0 Å². The summed E-state index contributed by atoms with van der Waals surface area (Å²) in [5.41, 5.74) is 3.04. The van der Waals surface area contributed by atoms with Crippen molar-refractivity contribution in [3.63, 3.8) is 0 Å². The molecule has 29 heavy (non-hydrogen) atoms. The van der Waals surface area contributed by atoms with Crippen LogP contribution >= 0.6 is 0 Å². The number of methoxy groups -OCH3 is 1. The Hall–Kier alpha value is -3.84. The lowest BCUT2D eigenvalue weighted by atomic mass is 10.0. The van der Waals surface area contributed by atoms with Gasteiger partial charge in [0.2, 0.25) is 0 Å². The summed E-state index contributed by atoms with van der Waals surface area (Å²) in [7, 11) is 1.57. The number of carbonyl (C=O) groups excluding carboxylic acids is 1. The number of esters is 1. The summed E-state index contributed by atoms with van der Waals surface area (Å²) in [6.45, 7) is 0. The lowest BCUT2D eigenvalue weighted by Gasteiger charge is -2.08. The molecule has 0 spiro atoms. The van der Waals surface area contributed by atoms with Gasteiger partial charge < -0.3 is 9.47 Å².